The van der Waals surface area contributed by atoms with Crippen LogP contribution in [0.1, 0.15) is 17.0 Å². The summed E-state index contributed by atoms with van der Waals surface area (Å²) in [5.41, 5.74) is 3.05. The second-order valence-corrected chi connectivity index (χ2v) is 6.97. The Kier molecular flexibility index (Phi) is 5.37. The zero-order chi connectivity index (χ0) is 18.7. The molecule has 0 atom stereocenters. The fraction of sp³-hybridized carbons (Fsp3) is 0.211. The first-order chi connectivity index (χ1) is 12.4. The average molecular weight is 370 g/mol. The zero-order valence-electron chi connectivity index (χ0n) is 14.8. The predicted octanol–water partition coefficient (Wildman–Crippen LogP) is 4.06. The number of carbonyl (C=O) groups excluding carboxylic acids is 1. The van der Waals surface area contributed by atoms with Gasteiger partial charge in [0.2, 0.25) is 5.91 Å². The van der Waals surface area contributed by atoms with Crippen LogP contribution in [0.15, 0.2) is 47.6 Å². The summed E-state index contributed by atoms with van der Waals surface area (Å²) in [6.07, 6.45) is 0. The van der Waals surface area contributed by atoms with E-state index in [4.69, 9.17) is 0 Å². The number of nitrogens with one attached hydrogen (secondary N) is 1. The lowest BCUT2D eigenvalue weighted by molar-refractivity contribution is -0.113. The lowest BCUT2D eigenvalue weighted by Crippen LogP contribution is -2.15. The van der Waals surface area contributed by atoms with E-state index >= 15 is 0 Å². The number of halogens is 1. The third kappa shape index (κ3) is 4.11. The van der Waals surface area contributed by atoms with Gasteiger partial charge in [-0.25, -0.2) is 4.39 Å². The standard InChI is InChI=1S/C19H19FN4OS/c1-12-5-4-6-15(9-12)24-14(3)22-23-19(24)26-11-18(25)21-17-8-7-13(2)10-16(17)20/h4-10H,11H2,1-3H3,(H,21,25). The van der Waals surface area contributed by atoms with Crippen LogP contribution in [0.5, 0.6) is 0 Å². The molecule has 1 amide bonds. The van der Waals surface area contributed by atoms with E-state index in [0.29, 0.717) is 5.16 Å². The maximum absolute atomic E-state index is 13.9. The predicted molar refractivity (Wildman–Crippen MR) is 101 cm³/mol. The SMILES string of the molecule is Cc1cccc(-n2c(C)nnc2SCC(=O)Nc2ccc(C)cc2F)c1. The molecule has 2 aromatic carbocycles. The molecule has 3 aromatic rings. The summed E-state index contributed by atoms with van der Waals surface area (Å²) in [6, 6.07) is 12.7. The van der Waals surface area contributed by atoms with E-state index in [2.05, 4.69) is 15.5 Å². The van der Waals surface area contributed by atoms with Gasteiger partial charge < -0.3 is 5.32 Å². The van der Waals surface area contributed by atoms with Gasteiger partial charge >= 0.3 is 0 Å². The highest BCUT2D eigenvalue weighted by atomic mass is 32.2. The number of aryl methyl sites for hydroxylation is 3. The van der Waals surface area contributed by atoms with Gasteiger partial charge in [-0.15, -0.1) is 10.2 Å². The summed E-state index contributed by atoms with van der Waals surface area (Å²) in [6.45, 7) is 5.67. The number of benzene rings is 2. The van der Waals surface area contributed by atoms with Crippen molar-refractivity contribution >= 4 is 23.4 Å². The molecule has 3 rings (SSSR count). The number of aromatic nitrogens is 3. The van der Waals surface area contributed by atoms with E-state index in [1.807, 2.05) is 42.7 Å². The number of rotatable bonds is 5. The lowest BCUT2D eigenvalue weighted by atomic mass is 10.2. The monoisotopic (exact) mass is 370 g/mol. The Balaban J connectivity index is 1.71. The zero-order valence-corrected chi connectivity index (χ0v) is 15.6. The van der Waals surface area contributed by atoms with Crippen molar-refractivity contribution in [2.45, 2.75) is 25.9 Å². The van der Waals surface area contributed by atoms with Crippen LogP contribution >= 0.6 is 11.8 Å². The van der Waals surface area contributed by atoms with Gasteiger partial charge in [0.15, 0.2) is 5.16 Å². The van der Waals surface area contributed by atoms with Gasteiger partial charge in [-0.2, -0.15) is 0 Å². The quantitative estimate of drug-likeness (QED) is 0.688. The van der Waals surface area contributed by atoms with Gasteiger partial charge in [-0.1, -0.05) is 30.0 Å². The van der Waals surface area contributed by atoms with Crippen molar-refractivity contribution in [3.63, 3.8) is 0 Å². The van der Waals surface area contributed by atoms with Crippen molar-refractivity contribution in [3.05, 3.63) is 65.2 Å². The average Bonchev–Trinajstić information content (AvgIpc) is 2.96. The molecule has 0 aliphatic rings. The van der Waals surface area contributed by atoms with Crippen LogP contribution in [0, 0.1) is 26.6 Å². The van der Waals surface area contributed by atoms with Gasteiger partial charge in [-0.05, 0) is 56.2 Å². The third-order valence-electron chi connectivity index (χ3n) is 3.79. The van der Waals surface area contributed by atoms with Crippen LogP contribution < -0.4 is 5.32 Å². The van der Waals surface area contributed by atoms with E-state index in [9.17, 15) is 9.18 Å². The highest BCUT2D eigenvalue weighted by molar-refractivity contribution is 7.99. The molecule has 1 heterocycles. The second kappa shape index (κ2) is 7.70. The number of carbonyl (C=O) groups is 1. The molecule has 0 unspecified atom stereocenters. The highest BCUT2D eigenvalue weighted by Crippen LogP contribution is 2.23. The van der Waals surface area contributed by atoms with Crippen LogP contribution in [0.3, 0.4) is 0 Å². The summed E-state index contributed by atoms with van der Waals surface area (Å²) < 4.78 is 15.8. The second-order valence-electron chi connectivity index (χ2n) is 6.02. The number of amides is 1. The molecule has 0 aliphatic carbocycles. The Morgan fingerprint density at radius 2 is 1.88 bits per heavy atom. The molecule has 0 radical (unpaired) electrons. The molecule has 26 heavy (non-hydrogen) atoms. The number of nitrogens with zero attached hydrogens (tertiary/aromatic N) is 3. The maximum Gasteiger partial charge on any atom is 0.234 e. The normalized spacial score (nSPS) is 10.8. The molecular weight excluding hydrogens is 351 g/mol. The molecule has 134 valence electrons. The molecule has 1 N–H and O–H groups in total. The Morgan fingerprint density at radius 3 is 2.62 bits per heavy atom. The lowest BCUT2D eigenvalue weighted by Gasteiger charge is -2.10. The molecule has 0 fully saturated rings. The van der Waals surface area contributed by atoms with Crippen LogP contribution in [0.4, 0.5) is 10.1 Å². The van der Waals surface area contributed by atoms with Gasteiger partial charge in [0.25, 0.3) is 0 Å². The van der Waals surface area contributed by atoms with Crippen molar-refractivity contribution in [2.24, 2.45) is 0 Å². The minimum atomic E-state index is -0.442. The topological polar surface area (TPSA) is 59.8 Å². The smallest absolute Gasteiger partial charge is 0.234 e. The summed E-state index contributed by atoms with van der Waals surface area (Å²) in [5, 5.41) is 11.5. The molecule has 0 saturated carbocycles. The summed E-state index contributed by atoms with van der Waals surface area (Å²) in [7, 11) is 0. The molecule has 0 bridgehead atoms. The van der Waals surface area contributed by atoms with E-state index in [1.54, 1.807) is 19.1 Å². The van der Waals surface area contributed by atoms with Gasteiger partial charge in [0.05, 0.1) is 11.4 Å². The van der Waals surface area contributed by atoms with Gasteiger partial charge in [0, 0.05) is 5.69 Å². The molecule has 0 spiro atoms. The Bertz CT molecular complexity index is 954. The fourth-order valence-electron chi connectivity index (χ4n) is 2.54. The van der Waals surface area contributed by atoms with Crippen LogP contribution in [0.2, 0.25) is 0 Å². The first-order valence-corrected chi connectivity index (χ1v) is 9.10. The van der Waals surface area contributed by atoms with Crippen molar-refractivity contribution in [1.29, 1.82) is 0 Å². The number of hydrogen-bond acceptors (Lipinski definition) is 4. The Labute approximate surface area is 155 Å². The molecule has 0 aliphatic heterocycles. The van der Waals surface area contributed by atoms with Crippen molar-refractivity contribution < 1.29 is 9.18 Å². The Morgan fingerprint density at radius 1 is 1.12 bits per heavy atom. The van der Waals surface area contributed by atoms with Crippen molar-refractivity contribution in [1.82, 2.24) is 14.8 Å². The van der Waals surface area contributed by atoms with Gasteiger partial charge in [0.1, 0.15) is 11.6 Å². The highest BCUT2D eigenvalue weighted by Gasteiger charge is 2.14. The summed E-state index contributed by atoms with van der Waals surface area (Å²) in [4.78, 5) is 12.2. The summed E-state index contributed by atoms with van der Waals surface area (Å²) >= 11 is 1.26. The summed E-state index contributed by atoms with van der Waals surface area (Å²) in [5.74, 6) is 0.108. The van der Waals surface area contributed by atoms with Crippen LogP contribution in [-0.4, -0.2) is 26.4 Å². The number of thioether (sulfide) groups is 1. The number of anilines is 1. The maximum atomic E-state index is 13.9. The van der Waals surface area contributed by atoms with E-state index in [-0.39, 0.29) is 17.3 Å². The minimum absolute atomic E-state index is 0.108. The molecular formula is C19H19FN4OS. The van der Waals surface area contributed by atoms with Gasteiger partial charge in [-0.3, -0.25) is 9.36 Å². The third-order valence-corrected chi connectivity index (χ3v) is 4.72. The largest absolute Gasteiger partial charge is 0.323 e. The molecule has 1 aromatic heterocycles. The van der Waals surface area contributed by atoms with Crippen LogP contribution in [-0.2, 0) is 4.79 Å². The van der Waals surface area contributed by atoms with Crippen molar-refractivity contribution in [2.75, 3.05) is 11.1 Å². The minimum Gasteiger partial charge on any atom is -0.323 e. The Hall–Kier alpha value is -2.67. The first-order valence-electron chi connectivity index (χ1n) is 8.12. The van der Waals surface area contributed by atoms with E-state index < -0.39 is 5.82 Å². The first kappa shape index (κ1) is 18.1. The van der Waals surface area contributed by atoms with Crippen molar-refractivity contribution in [3.8, 4) is 5.69 Å². The van der Waals surface area contributed by atoms with E-state index in [1.165, 1.54) is 17.8 Å². The molecule has 5 nitrogen and oxygen atoms in total. The fourth-order valence-corrected chi connectivity index (χ4v) is 3.34. The van der Waals surface area contributed by atoms with Crippen LogP contribution in [0.25, 0.3) is 5.69 Å². The molecule has 0 saturated heterocycles. The molecule has 7 heteroatoms. The van der Waals surface area contributed by atoms with E-state index in [0.717, 1.165) is 22.6 Å². The number of hydrogen-bond donors (Lipinski definition) is 1.